The average molecular weight is 368 g/mol. The number of esters is 1. The third kappa shape index (κ3) is 4.19. The largest absolute Gasteiger partial charge is 0.496 e. The molecule has 0 saturated carbocycles. The number of nitrogens with one attached hydrogen (secondary N) is 1. The van der Waals surface area contributed by atoms with Crippen molar-refractivity contribution in [1.82, 2.24) is 0 Å². The fourth-order valence-corrected chi connectivity index (χ4v) is 2.32. The zero-order chi connectivity index (χ0) is 17.7. The van der Waals surface area contributed by atoms with Gasteiger partial charge in [-0.15, -0.1) is 0 Å². The molecule has 0 unspecified atom stereocenters. The molecule has 2 aromatic carbocycles. The van der Waals surface area contributed by atoms with Gasteiger partial charge in [0.05, 0.1) is 24.4 Å². The molecule has 0 heterocycles. The van der Waals surface area contributed by atoms with Crippen molar-refractivity contribution in [2.75, 3.05) is 19.0 Å². The van der Waals surface area contributed by atoms with E-state index < -0.39 is 5.97 Å². The second-order valence-corrected chi connectivity index (χ2v) is 5.56. The average Bonchev–Trinajstić information content (AvgIpc) is 2.57. The van der Waals surface area contributed by atoms with Gasteiger partial charge in [-0.05, 0) is 37.3 Å². The van der Waals surface area contributed by atoms with Crippen LogP contribution in [0.3, 0.4) is 0 Å². The monoisotopic (exact) mass is 367 g/mol. The smallest absolute Gasteiger partial charge is 0.341 e. The van der Waals surface area contributed by atoms with E-state index >= 15 is 0 Å². The molecule has 0 bridgehead atoms. The summed E-state index contributed by atoms with van der Waals surface area (Å²) >= 11 is 12.0. The number of anilines is 1. The Hall–Kier alpha value is -2.24. The molecule has 0 atom stereocenters. The minimum absolute atomic E-state index is 0.189. The predicted molar refractivity (Wildman–Crippen MR) is 93.4 cm³/mol. The third-order valence-electron chi connectivity index (χ3n) is 3.14. The highest BCUT2D eigenvalue weighted by Gasteiger charge is 2.18. The molecule has 2 rings (SSSR count). The van der Waals surface area contributed by atoms with E-state index in [1.807, 2.05) is 0 Å². The number of hydrogen-bond donors (Lipinski definition) is 1. The zero-order valence-corrected chi connectivity index (χ0v) is 14.6. The van der Waals surface area contributed by atoms with E-state index in [1.54, 1.807) is 31.2 Å². The molecule has 7 heteroatoms. The van der Waals surface area contributed by atoms with E-state index in [1.165, 1.54) is 19.2 Å². The van der Waals surface area contributed by atoms with Crippen molar-refractivity contribution in [3.63, 3.8) is 0 Å². The molecule has 0 aliphatic carbocycles. The van der Waals surface area contributed by atoms with Gasteiger partial charge in [0, 0.05) is 16.7 Å². The Labute approximate surface area is 149 Å². The maximum absolute atomic E-state index is 12.3. The van der Waals surface area contributed by atoms with Crippen LogP contribution in [-0.2, 0) is 4.74 Å². The quantitative estimate of drug-likeness (QED) is 0.793. The Balaban J connectivity index is 2.29. The second-order valence-electron chi connectivity index (χ2n) is 4.71. The van der Waals surface area contributed by atoms with Gasteiger partial charge < -0.3 is 14.8 Å². The molecule has 1 N–H and O–H groups in total. The number of carbonyl (C=O) groups excluding carboxylic acids is 2. The molecule has 2 aromatic rings. The minimum Gasteiger partial charge on any atom is -0.496 e. The molecule has 0 aromatic heterocycles. The van der Waals surface area contributed by atoms with Crippen LogP contribution in [0, 0.1) is 0 Å². The lowest BCUT2D eigenvalue weighted by molar-refractivity contribution is 0.0522. The Kier molecular flexibility index (Phi) is 6.06. The SMILES string of the molecule is CCOC(=O)c1cc(Cl)c(NC(=O)c2ccc(Cl)cc2)cc1OC. The van der Waals surface area contributed by atoms with Gasteiger partial charge in [0.2, 0.25) is 0 Å². The summed E-state index contributed by atoms with van der Waals surface area (Å²) in [4.78, 5) is 24.2. The van der Waals surface area contributed by atoms with Crippen LogP contribution < -0.4 is 10.1 Å². The van der Waals surface area contributed by atoms with Gasteiger partial charge in [-0.2, -0.15) is 0 Å². The Bertz CT molecular complexity index is 760. The summed E-state index contributed by atoms with van der Waals surface area (Å²) in [5.74, 6) is -0.657. The van der Waals surface area contributed by atoms with E-state index in [2.05, 4.69) is 5.32 Å². The van der Waals surface area contributed by atoms with E-state index in [0.29, 0.717) is 16.3 Å². The fraction of sp³-hybridized carbons (Fsp3) is 0.176. The number of ether oxygens (including phenoxy) is 2. The summed E-state index contributed by atoms with van der Waals surface area (Å²) in [5.41, 5.74) is 0.930. The summed E-state index contributed by atoms with van der Waals surface area (Å²) in [6.45, 7) is 1.93. The van der Waals surface area contributed by atoms with Gasteiger partial charge in [-0.25, -0.2) is 4.79 Å². The summed E-state index contributed by atoms with van der Waals surface area (Å²) in [7, 11) is 1.41. The van der Waals surface area contributed by atoms with Crippen molar-refractivity contribution in [2.24, 2.45) is 0 Å². The molecule has 0 saturated heterocycles. The van der Waals surface area contributed by atoms with Crippen molar-refractivity contribution in [3.8, 4) is 5.75 Å². The molecule has 0 radical (unpaired) electrons. The van der Waals surface area contributed by atoms with Crippen LogP contribution in [0.5, 0.6) is 5.75 Å². The van der Waals surface area contributed by atoms with Crippen molar-refractivity contribution >= 4 is 40.8 Å². The van der Waals surface area contributed by atoms with Gasteiger partial charge in [0.15, 0.2) is 0 Å². The first kappa shape index (κ1) is 18.1. The van der Waals surface area contributed by atoms with E-state index in [-0.39, 0.29) is 28.8 Å². The van der Waals surface area contributed by atoms with E-state index in [9.17, 15) is 9.59 Å². The summed E-state index contributed by atoms with van der Waals surface area (Å²) in [6.07, 6.45) is 0. The second kappa shape index (κ2) is 8.04. The van der Waals surface area contributed by atoms with Crippen LogP contribution in [0.25, 0.3) is 0 Å². The highest BCUT2D eigenvalue weighted by atomic mass is 35.5. The number of methoxy groups -OCH3 is 1. The summed E-state index contributed by atoms with van der Waals surface area (Å²) in [6, 6.07) is 9.29. The fourth-order valence-electron chi connectivity index (χ4n) is 1.98. The van der Waals surface area contributed by atoms with Crippen molar-refractivity contribution < 1.29 is 19.1 Å². The highest BCUT2D eigenvalue weighted by molar-refractivity contribution is 6.34. The van der Waals surface area contributed by atoms with E-state index in [4.69, 9.17) is 32.7 Å². The molecule has 126 valence electrons. The standard InChI is InChI=1S/C17H15Cl2NO4/c1-3-24-17(22)12-8-13(19)14(9-15(12)23-2)20-16(21)10-4-6-11(18)7-5-10/h4-9H,3H2,1-2H3,(H,20,21). The molecule has 5 nitrogen and oxygen atoms in total. The van der Waals surface area contributed by atoms with Crippen molar-refractivity contribution in [2.45, 2.75) is 6.92 Å². The lowest BCUT2D eigenvalue weighted by Gasteiger charge is -2.13. The normalized spacial score (nSPS) is 10.2. The molecule has 0 spiro atoms. The Morgan fingerprint density at radius 2 is 1.79 bits per heavy atom. The first-order chi connectivity index (χ1) is 11.5. The van der Waals surface area contributed by atoms with Gasteiger partial charge in [-0.1, -0.05) is 23.2 Å². The molecular weight excluding hydrogens is 353 g/mol. The minimum atomic E-state index is -0.549. The lowest BCUT2D eigenvalue weighted by atomic mass is 10.1. The number of rotatable bonds is 5. The maximum Gasteiger partial charge on any atom is 0.341 e. The summed E-state index contributed by atoms with van der Waals surface area (Å²) in [5, 5.41) is 3.40. The molecule has 24 heavy (non-hydrogen) atoms. The Morgan fingerprint density at radius 3 is 2.38 bits per heavy atom. The van der Waals surface area contributed by atoms with Gasteiger partial charge in [-0.3, -0.25) is 4.79 Å². The molecule has 0 aliphatic heterocycles. The van der Waals surface area contributed by atoms with Crippen molar-refractivity contribution in [3.05, 3.63) is 57.6 Å². The first-order valence-electron chi connectivity index (χ1n) is 7.07. The number of benzene rings is 2. The number of halogens is 2. The topological polar surface area (TPSA) is 64.6 Å². The van der Waals surface area contributed by atoms with Crippen LogP contribution in [0.1, 0.15) is 27.6 Å². The maximum atomic E-state index is 12.3. The van der Waals surface area contributed by atoms with Crippen LogP contribution in [-0.4, -0.2) is 25.6 Å². The van der Waals surface area contributed by atoms with Crippen LogP contribution in [0.15, 0.2) is 36.4 Å². The van der Waals surface area contributed by atoms with Gasteiger partial charge in [0.25, 0.3) is 5.91 Å². The van der Waals surface area contributed by atoms with Crippen LogP contribution in [0.4, 0.5) is 5.69 Å². The van der Waals surface area contributed by atoms with Crippen LogP contribution in [0.2, 0.25) is 10.0 Å². The van der Waals surface area contributed by atoms with Gasteiger partial charge >= 0.3 is 5.97 Å². The predicted octanol–water partition coefficient (Wildman–Crippen LogP) is 4.43. The summed E-state index contributed by atoms with van der Waals surface area (Å²) < 4.78 is 10.1. The number of amides is 1. The molecular formula is C17H15Cl2NO4. The Morgan fingerprint density at radius 1 is 1.12 bits per heavy atom. The molecule has 0 aliphatic rings. The van der Waals surface area contributed by atoms with Gasteiger partial charge in [0.1, 0.15) is 11.3 Å². The zero-order valence-electron chi connectivity index (χ0n) is 13.1. The third-order valence-corrected chi connectivity index (χ3v) is 3.70. The lowest BCUT2D eigenvalue weighted by Crippen LogP contribution is -2.13. The highest BCUT2D eigenvalue weighted by Crippen LogP contribution is 2.32. The molecule has 1 amide bonds. The first-order valence-corrected chi connectivity index (χ1v) is 7.83. The number of hydrogen-bond acceptors (Lipinski definition) is 4. The van der Waals surface area contributed by atoms with Crippen molar-refractivity contribution in [1.29, 1.82) is 0 Å². The van der Waals surface area contributed by atoms with Crippen LogP contribution >= 0.6 is 23.2 Å². The number of carbonyl (C=O) groups is 2. The molecule has 0 fully saturated rings. The van der Waals surface area contributed by atoms with E-state index in [0.717, 1.165) is 0 Å².